The Labute approximate surface area is 127 Å². The number of carbonyl (C=O) groups excluding carboxylic acids is 2. The minimum absolute atomic E-state index is 0.274. The fourth-order valence-corrected chi connectivity index (χ4v) is 2.22. The number of hydrogen-bond acceptors (Lipinski definition) is 4. The Morgan fingerprint density at radius 1 is 1.45 bits per heavy atom. The van der Waals surface area contributed by atoms with Crippen LogP contribution in [0.1, 0.15) is 16.8 Å². The van der Waals surface area contributed by atoms with E-state index in [1.807, 2.05) is 6.26 Å². The predicted octanol–water partition coefficient (Wildman–Crippen LogP) is 1.72. The monoisotopic (exact) mass is 315 g/mol. The molecule has 4 N–H and O–H groups in total. The van der Waals surface area contributed by atoms with Crippen LogP contribution in [0.15, 0.2) is 18.2 Å². The highest BCUT2D eigenvalue weighted by molar-refractivity contribution is 7.98. The standard InChI is InChI=1S/C13H18ClN3O2S/c1-16-12(18)9-7-8(3-4-10(9)14)17-13(19)11(15)5-6-20-2/h3-4,7,11H,5-6,15H2,1-2H3,(H,16,18)(H,17,19)/t11-/m1/s1. The van der Waals surface area contributed by atoms with Crippen LogP contribution >= 0.6 is 23.4 Å². The molecule has 0 unspecified atom stereocenters. The maximum atomic E-state index is 11.9. The first-order valence-corrected chi connectivity index (χ1v) is 7.83. The minimum Gasteiger partial charge on any atom is -0.355 e. The molecule has 1 aromatic rings. The first-order chi connectivity index (χ1) is 9.49. The van der Waals surface area contributed by atoms with Gasteiger partial charge >= 0.3 is 0 Å². The lowest BCUT2D eigenvalue weighted by Crippen LogP contribution is -2.36. The number of amides is 2. The highest BCUT2D eigenvalue weighted by atomic mass is 35.5. The van der Waals surface area contributed by atoms with Crippen molar-refractivity contribution in [1.29, 1.82) is 0 Å². The summed E-state index contributed by atoms with van der Waals surface area (Å²) in [6.45, 7) is 0. The smallest absolute Gasteiger partial charge is 0.252 e. The van der Waals surface area contributed by atoms with Gasteiger partial charge in [0, 0.05) is 12.7 Å². The van der Waals surface area contributed by atoms with Gasteiger partial charge in [0.25, 0.3) is 5.91 Å². The Kier molecular flexibility index (Phi) is 6.84. The van der Waals surface area contributed by atoms with E-state index in [1.54, 1.807) is 23.9 Å². The van der Waals surface area contributed by atoms with Crippen LogP contribution in [0.4, 0.5) is 5.69 Å². The third kappa shape index (κ3) is 4.70. The van der Waals surface area contributed by atoms with Gasteiger partial charge in [0.2, 0.25) is 5.91 Å². The van der Waals surface area contributed by atoms with Crippen LogP contribution in [0, 0.1) is 0 Å². The van der Waals surface area contributed by atoms with Gasteiger partial charge in [-0.1, -0.05) is 11.6 Å². The normalized spacial score (nSPS) is 11.8. The van der Waals surface area contributed by atoms with Crippen molar-refractivity contribution in [3.63, 3.8) is 0 Å². The molecule has 0 spiro atoms. The number of halogens is 1. The zero-order valence-corrected chi connectivity index (χ0v) is 13.0. The lowest BCUT2D eigenvalue weighted by Gasteiger charge is -2.12. The molecule has 0 aromatic heterocycles. The first kappa shape index (κ1) is 16.8. The van der Waals surface area contributed by atoms with E-state index in [0.717, 1.165) is 5.75 Å². The molecule has 1 atom stereocenters. The van der Waals surface area contributed by atoms with Crippen molar-refractivity contribution in [3.05, 3.63) is 28.8 Å². The summed E-state index contributed by atoms with van der Waals surface area (Å²) in [4.78, 5) is 23.5. The summed E-state index contributed by atoms with van der Waals surface area (Å²) in [5, 5.41) is 5.50. The SMILES string of the molecule is CNC(=O)c1cc(NC(=O)[C@H](N)CCSC)ccc1Cl. The molecular formula is C13H18ClN3O2S. The third-order valence-corrected chi connectivity index (χ3v) is 3.65. The number of anilines is 1. The van der Waals surface area contributed by atoms with Gasteiger partial charge in [-0.3, -0.25) is 9.59 Å². The molecule has 20 heavy (non-hydrogen) atoms. The minimum atomic E-state index is -0.568. The molecule has 0 bridgehead atoms. The highest BCUT2D eigenvalue weighted by Crippen LogP contribution is 2.20. The van der Waals surface area contributed by atoms with Crippen LogP contribution in [0.5, 0.6) is 0 Å². The van der Waals surface area contributed by atoms with Gasteiger partial charge in [0.05, 0.1) is 16.6 Å². The van der Waals surface area contributed by atoms with Gasteiger partial charge in [-0.25, -0.2) is 0 Å². The molecule has 110 valence electrons. The predicted molar refractivity (Wildman–Crippen MR) is 84.4 cm³/mol. The summed E-state index contributed by atoms with van der Waals surface area (Å²) in [6, 6.07) is 4.16. The van der Waals surface area contributed by atoms with Crippen molar-refractivity contribution < 1.29 is 9.59 Å². The van der Waals surface area contributed by atoms with Crippen molar-refractivity contribution in [1.82, 2.24) is 5.32 Å². The summed E-state index contributed by atoms with van der Waals surface area (Å²) < 4.78 is 0. The van der Waals surface area contributed by atoms with E-state index in [4.69, 9.17) is 17.3 Å². The lowest BCUT2D eigenvalue weighted by atomic mass is 10.1. The molecule has 0 aliphatic carbocycles. The fraction of sp³-hybridized carbons (Fsp3) is 0.385. The maximum absolute atomic E-state index is 11.9. The number of benzene rings is 1. The molecule has 0 aliphatic rings. The van der Waals surface area contributed by atoms with Crippen LogP contribution in [-0.4, -0.2) is 36.9 Å². The average Bonchev–Trinajstić information content (AvgIpc) is 2.45. The zero-order valence-electron chi connectivity index (χ0n) is 11.4. The van der Waals surface area contributed by atoms with Crippen molar-refractivity contribution >= 4 is 40.9 Å². The molecular weight excluding hydrogens is 298 g/mol. The van der Waals surface area contributed by atoms with Crippen LogP contribution in [0.25, 0.3) is 0 Å². The second kappa shape index (κ2) is 8.14. The molecule has 0 heterocycles. The number of thioether (sulfide) groups is 1. The van der Waals surface area contributed by atoms with E-state index in [0.29, 0.717) is 22.7 Å². The Bertz CT molecular complexity index is 497. The molecule has 0 aliphatic heterocycles. The van der Waals surface area contributed by atoms with Crippen LogP contribution in [0.2, 0.25) is 5.02 Å². The van der Waals surface area contributed by atoms with Crippen LogP contribution in [0.3, 0.4) is 0 Å². The second-order valence-corrected chi connectivity index (χ2v) is 5.54. The molecule has 1 rings (SSSR count). The lowest BCUT2D eigenvalue weighted by molar-refractivity contribution is -0.117. The van der Waals surface area contributed by atoms with Gasteiger partial charge in [-0.2, -0.15) is 11.8 Å². The molecule has 1 aromatic carbocycles. The summed E-state index contributed by atoms with van der Waals surface area (Å²) in [7, 11) is 1.52. The summed E-state index contributed by atoms with van der Waals surface area (Å²) in [5.41, 5.74) is 6.58. The van der Waals surface area contributed by atoms with E-state index in [9.17, 15) is 9.59 Å². The molecule has 5 nitrogen and oxygen atoms in total. The Balaban J connectivity index is 2.78. The first-order valence-electron chi connectivity index (χ1n) is 6.06. The van der Waals surface area contributed by atoms with E-state index < -0.39 is 6.04 Å². The van der Waals surface area contributed by atoms with E-state index in [-0.39, 0.29) is 11.8 Å². The van der Waals surface area contributed by atoms with Gasteiger partial charge in [0.15, 0.2) is 0 Å². The van der Waals surface area contributed by atoms with Crippen molar-refractivity contribution in [3.8, 4) is 0 Å². The van der Waals surface area contributed by atoms with E-state index >= 15 is 0 Å². The van der Waals surface area contributed by atoms with Gasteiger partial charge in [-0.15, -0.1) is 0 Å². The topological polar surface area (TPSA) is 84.2 Å². The maximum Gasteiger partial charge on any atom is 0.252 e. The fourth-order valence-electron chi connectivity index (χ4n) is 1.52. The number of carbonyl (C=O) groups is 2. The van der Waals surface area contributed by atoms with Crippen molar-refractivity contribution in [2.75, 3.05) is 24.4 Å². The third-order valence-electron chi connectivity index (χ3n) is 2.68. The van der Waals surface area contributed by atoms with Crippen LogP contribution < -0.4 is 16.4 Å². The summed E-state index contributed by atoms with van der Waals surface area (Å²) in [6.07, 6.45) is 2.56. The van der Waals surface area contributed by atoms with Gasteiger partial charge in [-0.05, 0) is 36.6 Å². The Hall–Kier alpha value is -1.24. The number of nitrogens with two attached hydrogens (primary N) is 1. The van der Waals surface area contributed by atoms with Crippen molar-refractivity contribution in [2.45, 2.75) is 12.5 Å². The number of nitrogens with one attached hydrogen (secondary N) is 2. The highest BCUT2D eigenvalue weighted by Gasteiger charge is 2.15. The Morgan fingerprint density at radius 3 is 2.75 bits per heavy atom. The Morgan fingerprint density at radius 2 is 2.15 bits per heavy atom. The average molecular weight is 316 g/mol. The van der Waals surface area contributed by atoms with Gasteiger partial charge < -0.3 is 16.4 Å². The molecule has 0 radical (unpaired) electrons. The second-order valence-electron chi connectivity index (χ2n) is 4.15. The molecule has 0 fully saturated rings. The number of rotatable bonds is 6. The summed E-state index contributed by atoms with van der Waals surface area (Å²) >= 11 is 7.57. The molecule has 0 saturated heterocycles. The molecule has 2 amide bonds. The largest absolute Gasteiger partial charge is 0.355 e. The molecule has 7 heteroatoms. The van der Waals surface area contributed by atoms with E-state index in [1.165, 1.54) is 13.1 Å². The van der Waals surface area contributed by atoms with E-state index in [2.05, 4.69) is 10.6 Å². The van der Waals surface area contributed by atoms with Gasteiger partial charge in [0.1, 0.15) is 0 Å². The zero-order chi connectivity index (χ0) is 15.1. The van der Waals surface area contributed by atoms with Crippen molar-refractivity contribution in [2.24, 2.45) is 5.73 Å². The molecule has 0 saturated carbocycles. The number of hydrogen-bond donors (Lipinski definition) is 3. The quantitative estimate of drug-likeness (QED) is 0.746. The summed E-state index contributed by atoms with van der Waals surface area (Å²) in [5.74, 6) is 0.237. The van der Waals surface area contributed by atoms with Crippen LogP contribution in [-0.2, 0) is 4.79 Å².